The van der Waals surface area contributed by atoms with E-state index >= 15 is 0 Å². The zero-order valence-electron chi connectivity index (χ0n) is 12.4. The number of nitriles is 1. The number of rotatable bonds is 2. The fourth-order valence-corrected chi connectivity index (χ4v) is 3.28. The van der Waals surface area contributed by atoms with Crippen LogP contribution >= 0.6 is 11.6 Å². The molecule has 0 N–H and O–H groups in total. The van der Waals surface area contributed by atoms with E-state index in [2.05, 4.69) is 29.5 Å². The van der Waals surface area contributed by atoms with Crippen molar-refractivity contribution in [1.82, 2.24) is 9.55 Å². The van der Waals surface area contributed by atoms with E-state index in [-0.39, 0.29) is 17.0 Å². The van der Waals surface area contributed by atoms with Crippen molar-refractivity contribution in [2.24, 2.45) is 0 Å². The third-order valence-electron chi connectivity index (χ3n) is 4.55. The standard InChI is InChI=1S/C16H18ClN3O/c1-10(17)15-19-14-12(9-18)5-4-6-13(14)20(15)16(3)7-8-21-11(16)2/h4-6,10-11H,7-8H2,1-3H3. The van der Waals surface area contributed by atoms with Crippen molar-refractivity contribution in [2.75, 3.05) is 6.61 Å². The van der Waals surface area contributed by atoms with E-state index in [1.54, 1.807) is 6.07 Å². The van der Waals surface area contributed by atoms with Gasteiger partial charge in [-0.25, -0.2) is 4.98 Å². The summed E-state index contributed by atoms with van der Waals surface area (Å²) in [5.41, 5.74) is 2.07. The van der Waals surface area contributed by atoms with E-state index < -0.39 is 0 Å². The minimum atomic E-state index is -0.228. The third-order valence-corrected chi connectivity index (χ3v) is 4.75. The summed E-state index contributed by atoms with van der Waals surface area (Å²) in [7, 11) is 0. The first-order valence-corrected chi connectivity index (χ1v) is 7.60. The second-order valence-corrected chi connectivity index (χ2v) is 6.48. The van der Waals surface area contributed by atoms with Crippen LogP contribution in [0.2, 0.25) is 0 Å². The Morgan fingerprint density at radius 2 is 2.33 bits per heavy atom. The molecule has 1 aromatic carbocycles. The van der Waals surface area contributed by atoms with Gasteiger partial charge in [0.1, 0.15) is 17.4 Å². The smallest absolute Gasteiger partial charge is 0.128 e. The number of para-hydroxylation sites is 1. The van der Waals surface area contributed by atoms with Crippen LogP contribution in [0.25, 0.3) is 11.0 Å². The molecule has 0 bridgehead atoms. The normalized spacial score (nSPS) is 26.9. The van der Waals surface area contributed by atoms with E-state index in [1.165, 1.54) is 0 Å². The molecule has 0 aliphatic carbocycles. The largest absolute Gasteiger partial charge is 0.376 e. The molecule has 110 valence electrons. The third kappa shape index (κ3) is 2.04. The van der Waals surface area contributed by atoms with E-state index in [0.29, 0.717) is 5.56 Å². The SMILES string of the molecule is CC(Cl)c1nc2c(C#N)cccc2n1C1(C)CCOC1C. The number of hydrogen-bond acceptors (Lipinski definition) is 3. The maximum atomic E-state index is 9.30. The van der Waals surface area contributed by atoms with Crippen molar-refractivity contribution >= 4 is 22.6 Å². The van der Waals surface area contributed by atoms with E-state index in [0.717, 1.165) is 29.9 Å². The first-order chi connectivity index (χ1) is 9.99. The Labute approximate surface area is 129 Å². The maximum Gasteiger partial charge on any atom is 0.128 e. The number of aromatic nitrogens is 2. The van der Waals surface area contributed by atoms with Gasteiger partial charge in [0.15, 0.2) is 0 Å². The zero-order chi connectivity index (χ0) is 15.2. The topological polar surface area (TPSA) is 50.8 Å². The lowest BCUT2D eigenvalue weighted by atomic mass is 9.93. The molecule has 5 heteroatoms. The second kappa shape index (κ2) is 5.01. The van der Waals surface area contributed by atoms with Gasteiger partial charge >= 0.3 is 0 Å². The molecular weight excluding hydrogens is 286 g/mol. The monoisotopic (exact) mass is 303 g/mol. The summed E-state index contributed by atoms with van der Waals surface area (Å²) < 4.78 is 7.95. The van der Waals surface area contributed by atoms with E-state index in [9.17, 15) is 5.26 Å². The molecule has 3 rings (SSSR count). The molecule has 4 nitrogen and oxygen atoms in total. The van der Waals surface area contributed by atoms with Crippen LogP contribution in [0, 0.1) is 11.3 Å². The Morgan fingerprint density at radius 1 is 1.57 bits per heavy atom. The average Bonchev–Trinajstić information content (AvgIpc) is 3.00. The minimum Gasteiger partial charge on any atom is -0.376 e. The van der Waals surface area contributed by atoms with Crippen molar-refractivity contribution in [3.05, 3.63) is 29.6 Å². The Bertz CT molecular complexity index is 731. The number of fused-ring (bicyclic) bond motifs is 1. The van der Waals surface area contributed by atoms with E-state index in [4.69, 9.17) is 16.3 Å². The zero-order valence-corrected chi connectivity index (χ0v) is 13.2. The van der Waals surface area contributed by atoms with Crippen molar-refractivity contribution in [3.63, 3.8) is 0 Å². The van der Waals surface area contributed by atoms with Gasteiger partial charge in [0.2, 0.25) is 0 Å². The van der Waals surface area contributed by atoms with Crippen molar-refractivity contribution in [3.8, 4) is 6.07 Å². The number of ether oxygens (including phenoxy) is 1. The van der Waals surface area contributed by atoms with Crippen LogP contribution in [0.3, 0.4) is 0 Å². The lowest BCUT2D eigenvalue weighted by molar-refractivity contribution is 0.0763. The van der Waals surface area contributed by atoms with Gasteiger partial charge in [-0.1, -0.05) is 6.07 Å². The molecule has 0 saturated carbocycles. The molecule has 0 spiro atoms. The summed E-state index contributed by atoms with van der Waals surface area (Å²) >= 11 is 6.36. The highest BCUT2D eigenvalue weighted by Crippen LogP contribution is 2.39. The summed E-state index contributed by atoms with van der Waals surface area (Å²) in [6, 6.07) is 7.90. The summed E-state index contributed by atoms with van der Waals surface area (Å²) in [5, 5.41) is 9.07. The second-order valence-electron chi connectivity index (χ2n) is 5.83. The molecule has 3 atom stereocenters. The van der Waals surface area contributed by atoms with Crippen LogP contribution < -0.4 is 0 Å². The number of hydrogen-bond donors (Lipinski definition) is 0. The molecule has 0 amide bonds. The van der Waals surface area contributed by atoms with Gasteiger partial charge in [0.25, 0.3) is 0 Å². The van der Waals surface area contributed by atoms with Crippen LogP contribution in [0.4, 0.5) is 0 Å². The van der Waals surface area contributed by atoms with Crippen LogP contribution in [-0.2, 0) is 10.3 Å². The highest BCUT2D eigenvalue weighted by molar-refractivity contribution is 6.20. The van der Waals surface area contributed by atoms with Gasteiger partial charge in [-0.05, 0) is 39.3 Å². The summed E-state index contributed by atoms with van der Waals surface area (Å²) in [6.07, 6.45) is 0.988. The Kier molecular flexibility index (Phi) is 3.43. The van der Waals surface area contributed by atoms with Gasteiger partial charge in [0, 0.05) is 6.61 Å². The number of alkyl halides is 1. The summed E-state index contributed by atoms with van der Waals surface area (Å²) in [6.45, 7) is 6.89. The number of nitrogens with zero attached hydrogens (tertiary/aromatic N) is 3. The van der Waals surface area contributed by atoms with Gasteiger partial charge in [0.05, 0.1) is 28.1 Å². The Morgan fingerprint density at radius 3 is 2.90 bits per heavy atom. The summed E-state index contributed by atoms with van der Waals surface area (Å²) in [4.78, 5) is 4.66. The first-order valence-electron chi connectivity index (χ1n) is 7.16. The van der Waals surface area contributed by atoms with Gasteiger partial charge in [-0.15, -0.1) is 11.6 Å². The molecule has 2 aromatic rings. The molecule has 3 unspecified atom stereocenters. The number of halogens is 1. The number of benzene rings is 1. The molecule has 2 heterocycles. The minimum absolute atomic E-state index is 0.0785. The Hall–Kier alpha value is -1.57. The highest BCUT2D eigenvalue weighted by atomic mass is 35.5. The molecular formula is C16H18ClN3O. The van der Waals surface area contributed by atoms with Gasteiger partial charge < -0.3 is 9.30 Å². The van der Waals surface area contributed by atoms with Crippen molar-refractivity contribution < 1.29 is 4.74 Å². The fraction of sp³-hybridized carbons (Fsp3) is 0.500. The lowest BCUT2D eigenvalue weighted by Gasteiger charge is -2.32. The van der Waals surface area contributed by atoms with Gasteiger partial charge in [-0.2, -0.15) is 5.26 Å². The van der Waals surface area contributed by atoms with E-state index in [1.807, 2.05) is 19.1 Å². The molecule has 0 radical (unpaired) electrons. The predicted octanol–water partition coefficient (Wildman–Crippen LogP) is 3.73. The van der Waals surface area contributed by atoms with Crippen LogP contribution in [0.5, 0.6) is 0 Å². The molecule has 1 aliphatic rings. The molecule has 1 aliphatic heterocycles. The molecule has 1 saturated heterocycles. The molecule has 21 heavy (non-hydrogen) atoms. The highest BCUT2D eigenvalue weighted by Gasteiger charge is 2.41. The van der Waals surface area contributed by atoms with Crippen LogP contribution in [0.1, 0.15) is 44.0 Å². The predicted molar refractivity (Wildman–Crippen MR) is 82.4 cm³/mol. The quantitative estimate of drug-likeness (QED) is 0.794. The van der Waals surface area contributed by atoms with Crippen LogP contribution in [0.15, 0.2) is 18.2 Å². The van der Waals surface area contributed by atoms with Crippen molar-refractivity contribution in [2.45, 2.75) is 44.2 Å². The van der Waals surface area contributed by atoms with Crippen molar-refractivity contribution in [1.29, 1.82) is 5.26 Å². The average molecular weight is 304 g/mol. The maximum absolute atomic E-state index is 9.30. The first kappa shape index (κ1) is 14.4. The number of imidazole rings is 1. The summed E-state index contributed by atoms with van der Waals surface area (Å²) in [5.74, 6) is 0.800. The molecule has 1 aromatic heterocycles. The molecule has 1 fully saturated rings. The fourth-order valence-electron chi connectivity index (χ4n) is 3.13. The lowest BCUT2D eigenvalue weighted by Crippen LogP contribution is -2.38. The van der Waals surface area contributed by atoms with Crippen LogP contribution in [-0.4, -0.2) is 22.3 Å². The van der Waals surface area contributed by atoms with Gasteiger partial charge in [-0.3, -0.25) is 0 Å². The Balaban J connectivity index is 2.35.